The normalized spacial score (nSPS) is 10.5. The van der Waals surface area contributed by atoms with Gasteiger partial charge in [-0.05, 0) is 36.2 Å². The predicted octanol–water partition coefficient (Wildman–Crippen LogP) is 3.24. The smallest absolute Gasteiger partial charge is 0.332 e. The van der Waals surface area contributed by atoms with Crippen LogP contribution in [0.15, 0.2) is 18.2 Å². The van der Waals surface area contributed by atoms with Crippen LogP contribution < -0.4 is 5.32 Å². The zero-order chi connectivity index (χ0) is 15.6. The highest BCUT2D eigenvalue weighted by Crippen LogP contribution is 2.26. The molecular weight excluding hydrogens is 306 g/mol. The van der Waals surface area contributed by atoms with Crippen LogP contribution in [0.25, 0.3) is 0 Å². The number of aromatic nitrogens is 2. The molecule has 9 heteroatoms. The van der Waals surface area contributed by atoms with E-state index in [0.29, 0.717) is 5.56 Å². The standard InChI is InChI=1S/C12H9ClF2N4O2/c1-6-10(19(20)21)11(18-12(13)17-6)16-5-7-2-3-8(14)9(15)4-7/h2-4H,5H2,1H3,(H,16,17,18). The van der Waals surface area contributed by atoms with Crippen molar-refractivity contribution in [2.45, 2.75) is 13.5 Å². The Morgan fingerprint density at radius 3 is 2.67 bits per heavy atom. The van der Waals surface area contributed by atoms with E-state index in [4.69, 9.17) is 11.6 Å². The molecule has 110 valence electrons. The van der Waals surface area contributed by atoms with Crippen molar-refractivity contribution in [1.82, 2.24) is 9.97 Å². The van der Waals surface area contributed by atoms with Crippen LogP contribution in [0.1, 0.15) is 11.3 Å². The number of rotatable bonds is 4. The third-order valence-corrected chi connectivity index (χ3v) is 2.83. The summed E-state index contributed by atoms with van der Waals surface area (Å²) in [6, 6.07) is 3.32. The molecule has 0 amide bonds. The van der Waals surface area contributed by atoms with Crippen LogP contribution in [0.5, 0.6) is 0 Å². The van der Waals surface area contributed by atoms with Crippen molar-refractivity contribution in [3.63, 3.8) is 0 Å². The molecule has 2 rings (SSSR count). The molecule has 1 aromatic carbocycles. The van der Waals surface area contributed by atoms with Gasteiger partial charge in [0.15, 0.2) is 11.6 Å². The summed E-state index contributed by atoms with van der Waals surface area (Å²) in [6.07, 6.45) is 0. The summed E-state index contributed by atoms with van der Waals surface area (Å²) < 4.78 is 25.9. The number of aryl methyl sites for hydroxylation is 1. The topological polar surface area (TPSA) is 81.0 Å². The molecule has 0 bridgehead atoms. The number of anilines is 1. The maximum atomic E-state index is 13.1. The highest BCUT2D eigenvalue weighted by Gasteiger charge is 2.21. The SMILES string of the molecule is Cc1nc(Cl)nc(NCc2ccc(F)c(F)c2)c1[N+](=O)[O-]. The molecule has 0 aliphatic rings. The molecule has 1 aromatic heterocycles. The molecule has 0 radical (unpaired) electrons. The van der Waals surface area contributed by atoms with Crippen molar-refractivity contribution >= 4 is 23.1 Å². The Labute approximate surface area is 122 Å². The molecular formula is C12H9ClF2N4O2. The van der Waals surface area contributed by atoms with Gasteiger partial charge in [0.1, 0.15) is 5.69 Å². The van der Waals surface area contributed by atoms with Crippen LogP contribution >= 0.6 is 11.6 Å². The van der Waals surface area contributed by atoms with Crippen molar-refractivity contribution in [2.75, 3.05) is 5.32 Å². The number of nitrogens with zero attached hydrogens (tertiary/aromatic N) is 3. The fraction of sp³-hybridized carbons (Fsp3) is 0.167. The van der Waals surface area contributed by atoms with E-state index >= 15 is 0 Å². The van der Waals surface area contributed by atoms with Gasteiger partial charge in [0.25, 0.3) is 0 Å². The largest absolute Gasteiger partial charge is 0.360 e. The fourth-order valence-corrected chi connectivity index (χ4v) is 1.92. The molecule has 6 nitrogen and oxygen atoms in total. The number of benzene rings is 1. The highest BCUT2D eigenvalue weighted by atomic mass is 35.5. The molecule has 0 saturated carbocycles. The van der Waals surface area contributed by atoms with Crippen molar-refractivity contribution in [1.29, 1.82) is 0 Å². The first-order chi connectivity index (χ1) is 9.88. The second-order valence-corrected chi connectivity index (χ2v) is 4.47. The van der Waals surface area contributed by atoms with Crippen molar-refractivity contribution in [2.24, 2.45) is 0 Å². The van der Waals surface area contributed by atoms with Gasteiger partial charge in [-0.1, -0.05) is 6.07 Å². The van der Waals surface area contributed by atoms with Crippen molar-refractivity contribution in [3.8, 4) is 0 Å². The molecule has 0 unspecified atom stereocenters. The second kappa shape index (κ2) is 5.96. The van der Waals surface area contributed by atoms with Crippen LogP contribution in [0.4, 0.5) is 20.3 Å². The second-order valence-electron chi connectivity index (χ2n) is 4.13. The molecule has 0 aliphatic heterocycles. The van der Waals surface area contributed by atoms with Crippen molar-refractivity contribution < 1.29 is 13.7 Å². The molecule has 1 heterocycles. The lowest BCUT2D eigenvalue weighted by molar-refractivity contribution is -0.385. The van der Waals surface area contributed by atoms with Gasteiger partial charge in [0.2, 0.25) is 11.1 Å². The summed E-state index contributed by atoms with van der Waals surface area (Å²) in [7, 11) is 0. The summed E-state index contributed by atoms with van der Waals surface area (Å²) in [6.45, 7) is 1.44. The summed E-state index contributed by atoms with van der Waals surface area (Å²) in [5.41, 5.74) is 0.186. The van der Waals surface area contributed by atoms with Gasteiger partial charge >= 0.3 is 5.69 Å². The fourth-order valence-electron chi connectivity index (χ4n) is 1.71. The zero-order valence-corrected chi connectivity index (χ0v) is 11.5. The van der Waals surface area contributed by atoms with Gasteiger partial charge in [0.05, 0.1) is 4.92 Å². The van der Waals surface area contributed by atoms with Crippen LogP contribution in [0, 0.1) is 28.7 Å². The van der Waals surface area contributed by atoms with E-state index in [1.807, 2.05) is 0 Å². The molecule has 0 saturated heterocycles. The van der Waals surface area contributed by atoms with Gasteiger partial charge in [-0.15, -0.1) is 0 Å². The number of hydrogen-bond acceptors (Lipinski definition) is 5. The van der Waals surface area contributed by atoms with E-state index in [1.54, 1.807) is 0 Å². The first-order valence-electron chi connectivity index (χ1n) is 5.75. The monoisotopic (exact) mass is 314 g/mol. The molecule has 0 atom stereocenters. The number of halogens is 3. The van der Waals surface area contributed by atoms with Gasteiger partial charge in [-0.25, -0.2) is 13.8 Å². The summed E-state index contributed by atoms with van der Waals surface area (Å²) in [5, 5.41) is 13.5. The molecule has 0 fully saturated rings. The van der Waals surface area contributed by atoms with Gasteiger partial charge in [-0.2, -0.15) is 4.98 Å². The minimum Gasteiger partial charge on any atom is -0.360 e. The van der Waals surface area contributed by atoms with E-state index in [2.05, 4.69) is 15.3 Å². The van der Waals surface area contributed by atoms with Gasteiger partial charge < -0.3 is 5.32 Å². The van der Waals surface area contributed by atoms with E-state index < -0.39 is 16.6 Å². The lowest BCUT2D eigenvalue weighted by atomic mass is 10.2. The number of hydrogen-bond donors (Lipinski definition) is 1. The first kappa shape index (κ1) is 15.0. The van der Waals surface area contributed by atoms with E-state index in [1.165, 1.54) is 13.0 Å². The first-order valence-corrected chi connectivity index (χ1v) is 6.12. The Morgan fingerprint density at radius 2 is 2.05 bits per heavy atom. The van der Waals surface area contributed by atoms with Gasteiger partial charge in [-0.3, -0.25) is 10.1 Å². The highest BCUT2D eigenvalue weighted by molar-refractivity contribution is 6.28. The quantitative estimate of drug-likeness (QED) is 0.532. The molecule has 0 aliphatic carbocycles. The van der Waals surface area contributed by atoms with E-state index in [9.17, 15) is 18.9 Å². The zero-order valence-electron chi connectivity index (χ0n) is 10.7. The number of nitro groups is 1. The minimum absolute atomic E-state index is 0.0187. The van der Waals surface area contributed by atoms with Crippen LogP contribution in [0.2, 0.25) is 5.28 Å². The Bertz CT molecular complexity index is 712. The van der Waals surface area contributed by atoms with E-state index in [-0.39, 0.29) is 29.0 Å². The Kier molecular flexibility index (Phi) is 4.27. The maximum absolute atomic E-state index is 13.1. The summed E-state index contributed by atoms with van der Waals surface area (Å²) in [5.74, 6) is -2.05. The Balaban J connectivity index is 2.27. The van der Waals surface area contributed by atoms with Crippen LogP contribution in [0.3, 0.4) is 0 Å². The van der Waals surface area contributed by atoms with Gasteiger partial charge in [0, 0.05) is 6.54 Å². The third kappa shape index (κ3) is 3.40. The molecule has 0 spiro atoms. The molecule has 21 heavy (non-hydrogen) atoms. The molecule has 2 aromatic rings. The lowest BCUT2D eigenvalue weighted by Gasteiger charge is -2.08. The summed E-state index contributed by atoms with van der Waals surface area (Å²) in [4.78, 5) is 17.8. The van der Waals surface area contributed by atoms with Crippen LogP contribution in [-0.2, 0) is 6.54 Å². The lowest BCUT2D eigenvalue weighted by Crippen LogP contribution is -2.08. The number of nitrogens with one attached hydrogen (secondary N) is 1. The predicted molar refractivity (Wildman–Crippen MR) is 72.1 cm³/mol. The minimum atomic E-state index is -0.999. The van der Waals surface area contributed by atoms with Crippen molar-refractivity contribution in [3.05, 3.63) is 56.5 Å². The Morgan fingerprint density at radius 1 is 1.33 bits per heavy atom. The van der Waals surface area contributed by atoms with Crippen LogP contribution in [-0.4, -0.2) is 14.9 Å². The Hall–Kier alpha value is -2.35. The third-order valence-electron chi connectivity index (χ3n) is 2.66. The molecule has 1 N–H and O–H groups in total. The average Bonchev–Trinajstić information content (AvgIpc) is 2.38. The summed E-state index contributed by atoms with van der Waals surface area (Å²) >= 11 is 5.66. The van der Waals surface area contributed by atoms with E-state index in [0.717, 1.165) is 12.1 Å². The maximum Gasteiger partial charge on any atom is 0.332 e. The average molecular weight is 315 g/mol.